The van der Waals surface area contributed by atoms with Crippen molar-refractivity contribution in [2.45, 2.75) is 11.8 Å². The van der Waals surface area contributed by atoms with Crippen molar-refractivity contribution < 1.29 is 13.2 Å². The lowest BCUT2D eigenvalue weighted by molar-refractivity contribution is 0.262. The predicted molar refractivity (Wildman–Crippen MR) is 118 cm³/mol. The quantitative estimate of drug-likeness (QED) is 0.463. The summed E-state index contributed by atoms with van der Waals surface area (Å²) in [6.45, 7) is 1.76. The highest BCUT2D eigenvalue weighted by atomic mass is 35.5. The van der Waals surface area contributed by atoms with Gasteiger partial charge in [-0.05, 0) is 79.2 Å². The molecule has 0 unspecified atom stereocenters. The number of urea groups is 1. The molecule has 0 heterocycles. The lowest BCUT2D eigenvalue weighted by atomic mass is 10.2. The van der Waals surface area contributed by atoms with Crippen molar-refractivity contribution >= 4 is 56.3 Å². The Morgan fingerprint density at radius 1 is 0.793 bits per heavy atom. The van der Waals surface area contributed by atoms with E-state index in [1.807, 2.05) is 0 Å². The highest BCUT2D eigenvalue weighted by Gasteiger charge is 2.15. The first kappa shape index (κ1) is 21.0. The van der Waals surface area contributed by atoms with Crippen LogP contribution < -0.4 is 15.4 Å². The molecule has 0 bridgehead atoms. The average Bonchev–Trinajstić information content (AvgIpc) is 2.66. The number of rotatable bonds is 5. The van der Waals surface area contributed by atoms with E-state index in [4.69, 9.17) is 23.2 Å². The maximum atomic E-state index is 12.6. The van der Waals surface area contributed by atoms with Crippen LogP contribution in [0.4, 0.5) is 21.9 Å². The third-order valence-electron chi connectivity index (χ3n) is 3.96. The number of sulfonamides is 1. The van der Waals surface area contributed by atoms with E-state index < -0.39 is 16.1 Å². The molecule has 3 aromatic carbocycles. The molecule has 3 rings (SSSR count). The van der Waals surface area contributed by atoms with Gasteiger partial charge in [-0.3, -0.25) is 4.72 Å². The van der Waals surface area contributed by atoms with Crippen molar-refractivity contribution in [2.24, 2.45) is 0 Å². The minimum Gasteiger partial charge on any atom is -0.308 e. The van der Waals surface area contributed by atoms with Crippen LogP contribution in [-0.2, 0) is 10.0 Å². The average molecular weight is 450 g/mol. The number of carbonyl (C=O) groups is 1. The summed E-state index contributed by atoms with van der Waals surface area (Å²) in [5.74, 6) is 0. The molecular weight excluding hydrogens is 433 g/mol. The minimum absolute atomic E-state index is 0.0653. The summed E-state index contributed by atoms with van der Waals surface area (Å²) in [6.07, 6.45) is 0. The van der Waals surface area contributed by atoms with E-state index in [9.17, 15) is 13.2 Å². The topological polar surface area (TPSA) is 87.3 Å². The smallest absolute Gasteiger partial charge is 0.308 e. The van der Waals surface area contributed by atoms with Gasteiger partial charge in [0.05, 0.1) is 10.6 Å². The Morgan fingerprint density at radius 2 is 1.31 bits per heavy atom. The number of hydrogen-bond donors (Lipinski definition) is 3. The molecule has 0 atom stereocenters. The normalized spacial score (nSPS) is 11.0. The van der Waals surface area contributed by atoms with Gasteiger partial charge in [0, 0.05) is 21.4 Å². The number of aryl methyl sites for hydroxylation is 1. The zero-order chi connectivity index (χ0) is 21.0. The molecular formula is C20H17Cl2N3O3S. The van der Waals surface area contributed by atoms with Gasteiger partial charge >= 0.3 is 6.03 Å². The lowest BCUT2D eigenvalue weighted by Crippen LogP contribution is -2.19. The van der Waals surface area contributed by atoms with Crippen molar-refractivity contribution in [1.82, 2.24) is 0 Å². The second-order valence-corrected chi connectivity index (χ2v) is 8.73. The van der Waals surface area contributed by atoms with Gasteiger partial charge in [-0.1, -0.05) is 23.2 Å². The molecule has 0 aliphatic carbocycles. The molecule has 0 saturated heterocycles. The Morgan fingerprint density at radius 3 is 1.86 bits per heavy atom. The van der Waals surface area contributed by atoms with E-state index in [2.05, 4.69) is 15.4 Å². The molecule has 6 nitrogen and oxygen atoms in total. The molecule has 150 valence electrons. The number of anilines is 3. The first-order chi connectivity index (χ1) is 13.7. The summed E-state index contributed by atoms with van der Waals surface area (Å²) >= 11 is 11.7. The Bertz CT molecular complexity index is 1130. The van der Waals surface area contributed by atoms with E-state index >= 15 is 0 Å². The van der Waals surface area contributed by atoms with Crippen LogP contribution in [0.1, 0.15) is 5.56 Å². The summed E-state index contributed by atoms with van der Waals surface area (Å²) < 4.78 is 27.7. The molecule has 0 aromatic heterocycles. The molecule has 0 saturated carbocycles. The molecule has 29 heavy (non-hydrogen) atoms. The first-order valence-corrected chi connectivity index (χ1v) is 10.7. The molecule has 3 N–H and O–H groups in total. The van der Waals surface area contributed by atoms with Gasteiger partial charge in [-0.25, -0.2) is 13.2 Å². The van der Waals surface area contributed by atoms with E-state index in [0.717, 1.165) is 0 Å². The summed E-state index contributed by atoms with van der Waals surface area (Å²) in [5.41, 5.74) is 2.17. The zero-order valence-electron chi connectivity index (χ0n) is 15.2. The van der Waals surface area contributed by atoms with E-state index in [-0.39, 0.29) is 4.90 Å². The Hall–Kier alpha value is -2.74. The Kier molecular flexibility index (Phi) is 6.32. The summed E-state index contributed by atoms with van der Waals surface area (Å²) in [6, 6.07) is 16.9. The van der Waals surface area contributed by atoms with Gasteiger partial charge in [-0.15, -0.1) is 0 Å². The number of carbonyl (C=O) groups excluding carboxylic acids is 1. The molecule has 0 radical (unpaired) electrons. The minimum atomic E-state index is -3.78. The van der Waals surface area contributed by atoms with E-state index in [1.54, 1.807) is 49.4 Å². The van der Waals surface area contributed by atoms with Crippen molar-refractivity contribution in [3.05, 3.63) is 82.3 Å². The van der Waals surface area contributed by atoms with Gasteiger partial charge in [0.2, 0.25) is 0 Å². The van der Waals surface area contributed by atoms with Crippen molar-refractivity contribution in [2.75, 3.05) is 15.4 Å². The number of nitrogens with one attached hydrogen (secondary N) is 3. The summed E-state index contributed by atoms with van der Waals surface area (Å²) in [4.78, 5) is 12.1. The molecule has 0 aliphatic heterocycles. The highest BCUT2D eigenvalue weighted by Crippen LogP contribution is 2.23. The number of benzene rings is 3. The maximum Gasteiger partial charge on any atom is 0.323 e. The molecule has 3 aromatic rings. The van der Waals surface area contributed by atoms with Crippen LogP contribution in [0.25, 0.3) is 0 Å². The summed E-state index contributed by atoms with van der Waals surface area (Å²) in [5, 5.41) is 6.38. The second-order valence-electron chi connectivity index (χ2n) is 6.18. The van der Waals surface area contributed by atoms with Crippen LogP contribution in [0, 0.1) is 6.92 Å². The van der Waals surface area contributed by atoms with Crippen LogP contribution >= 0.6 is 23.2 Å². The van der Waals surface area contributed by atoms with Crippen molar-refractivity contribution in [3.8, 4) is 0 Å². The van der Waals surface area contributed by atoms with Gasteiger partial charge < -0.3 is 10.6 Å². The molecule has 0 spiro atoms. The van der Waals surface area contributed by atoms with Crippen LogP contribution in [0.3, 0.4) is 0 Å². The molecule has 0 aliphatic rings. The van der Waals surface area contributed by atoms with Crippen LogP contribution in [0.15, 0.2) is 71.6 Å². The fourth-order valence-electron chi connectivity index (χ4n) is 2.49. The molecule has 2 amide bonds. The standard InChI is InChI=1S/C20H17Cl2N3O3S/c1-13-12-15(22)4-11-19(13)25-29(27,28)18-9-7-17(8-10-18)24-20(26)23-16-5-2-14(21)3-6-16/h2-12,25H,1H3,(H2,23,24,26). The predicted octanol–water partition coefficient (Wildman–Crippen LogP) is 5.75. The molecule has 0 fully saturated rings. The first-order valence-electron chi connectivity index (χ1n) is 8.45. The number of halogens is 2. The third kappa shape index (κ3) is 5.63. The third-order valence-corrected chi connectivity index (χ3v) is 5.83. The highest BCUT2D eigenvalue weighted by molar-refractivity contribution is 7.92. The number of hydrogen-bond acceptors (Lipinski definition) is 3. The van der Waals surface area contributed by atoms with Crippen LogP contribution in [-0.4, -0.2) is 14.4 Å². The monoisotopic (exact) mass is 449 g/mol. The van der Waals surface area contributed by atoms with E-state index in [0.29, 0.717) is 32.7 Å². The van der Waals surface area contributed by atoms with Crippen molar-refractivity contribution in [3.63, 3.8) is 0 Å². The van der Waals surface area contributed by atoms with Gasteiger partial charge in [-0.2, -0.15) is 0 Å². The Balaban J connectivity index is 1.67. The van der Waals surface area contributed by atoms with Crippen LogP contribution in [0.5, 0.6) is 0 Å². The van der Waals surface area contributed by atoms with Crippen molar-refractivity contribution in [1.29, 1.82) is 0 Å². The largest absolute Gasteiger partial charge is 0.323 e. The van der Waals surface area contributed by atoms with Gasteiger partial charge in [0.15, 0.2) is 0 Å². The molecule has 9 heteroatoms. The van der Waals surface area contributed by atoms with E-state index in [1.165, 1.54) is 24.3 Å². The Labute approximate surface area is 178 Å². The SMILES string of the molecule is Cc1cc(Cl)ccc1NS(=O)(=O)c1ccc(NC(=O)Nc2ccc(Cl)cc2)cc1. The number of amides is 2. The summed E-state index contributed by atoms with van der Waals surface area (Å²) in [7, 11) is -3.78. The second kappa shape index (κ2) is 8.73. The zero-order valence-corrected chi connectivity index (χ0v) is 17.6. The van der Waals surface area contributed by atoms with Gasteiger partial charge in [0.25, 0.3) is 10.0 Å². The lowest BCUT2D eigenvalue weighted by Gasteiger charge is -2.12. The van der Waals surface area contributed by atoms with Gasteiger partial charge in [0.1, 0.15) is 0 Å². The fourth-order valence-corrected chi connectivity index (χ4v) is 3.97. The maximum absolute atomic E-state index is 12.6. The van der Waals surface area contributed by atoms with Crippen LogP contribution in [0.2, 0.25) is 10.0 Å². The fraction of sp³-hybridized carbons (Fsp3) is 0.0500.